The second-order valence-corrected chi connectivity index (χ2v) is 4.74. The van der Waals surface area contributed by atoms with Crippen molar-refractivity contribution in [1.29, 1.82) is 0 Å². The van der Waals surface area contributed by atoms with Gasteiger partial charge in [0, 0.05) is 5.54 Å². The van der Waals surface area contributed by atoms with Crippen molar-refractivity contribution >= 4 is 5.95 Å². The minimum absolute atomic E-state index is 0.0919. The first-order valence-corrected chi connectivity index (χ1v) is 5.76. The zero-order chi connectivity index (χ0) is 11.6. The van der Waals surface area contributed by atoms with E-state index in [2.05, 4.69) is 32.7 Å². The Balaban J connectivity index is 2.10. The van der Waals surface area contributed by atoms with E-state index in [0.29, 0.717) is 5.95 Å². The van der Waals surface area contributed by atoms with Gasteiger partial charge in [0.25, 0.3) is 0 Å². The fourth-order valence-corrected chi connectivity index (χ4v) is 1.88. The monoisotopic (exact) mass is 221 g/mol. The third kappa shape index (κ3) is 2.47. The van der Waals surface area contributed by atoms with E-state index >= 15 is 0 Å². The Morgan fingerprint density at radius 2 is 1.81 bits per heavy atom. The number of nitrogens with zero attached hydrogens (tertiary/aromatic N) is 3. The van der Waals surface area contributed by atoms with E-state index in [-0.39, 0.29) is 5.54 Å². The molecule has 1 saturated heterocycles. The van der Waals surface area contributed by atoms with E-state index in [9.17, 15) is 0 Å². The van der Waals surface area contributed by atoms with Crippen LogP contribution in [0, 0.1) is 13.8 Å². The number of rotatable bonds is 2. The van der Waals surface area contributed by atoms with Crippen molar-refractivity contribution in [1.82, 2.24) is 20.5 Å². The Labute approximate surface area is 96.1 Å². The fourth-order valence-electron chi connectivity index (χ4n) is 1.88. The van der Waals surface area contributed by atoms with E-state index < -0.39 is 0 Å². The van der Waals surface area contributed by atoms with Gasteiger partial charge in [0.15, 0.2) is 0 Å². The van der Waals surface area contributed by atoms with E-state index in [1.807, 2.05) is 13.8 Å². The molecule has 1 fully saturated rings. The molecule has 0 aromatic carbocycles. The van der Waals surface area contributed by atoms with Crippen molar-refractivity contribution in [3.8, 4) is 0 Å². The summed E-state index contributed by atoms with van der Waals surface area (Å²) in [7, 11) is 0. The first-order chi connectivity index (χ1) is 7.59. The van der Waals surface area contributed by atoms with Crippen molar-refractivity contribution in [3.05, 3.63) is 11.4 Å². The Hall–Kier alpha value is -1.23. The topological polar surface area (TPSA) is 62.7 Å². The average Bonchev–Trinajstić information content (AvgIpc) is 2.24. The van der Waals surface area contributed by atoms with Gasteiger partial charge >= 0.3 is 0 Å². The number of aromatic nitrogens is 3. The van der Waals surface area contributed by atoms with E-state index in [1.54, 1.807) is 0 Å². The van der Waals surface area contributed by atoms with Crippen molar-refractivity contribution in [3.63, 3.8) is 0 Å². The Morgan fingerprint density at radius 3 is 2.44 bits per heavy atom. The van der Waals surface area contributed by atoms with Crippen LogP contribution in [0.2, 0.25) is 0 Å². The molecule has 0 unspecified atom stereocenters. The quantitative estimate of drug-likeness (QED) is 0.781. The van der Waals surface area contributed by atoms with Crippen LogP contribution >= 0.6 is 0 Å². The molecule has 2 heterocycles. The second kappa shape index (κ2) is 4.33. The second-order valence-electron chi connectivity index (χ2n) is 4.74. The molecule has 1 aliphatic heterocycles. The number of anilines is 1. The third-order valence-electron chi connectivity index (χ3n) is 3.21. The van der Waals surface area contributed by atoms with E-state index in [0.717, 1.165) is 37.3 Å². The van der Waals surface area contributed by atoms with Crippen molar-refractivity contribution < 1.29 is 0 Å². The lowest BCUT2D eigenvalue weighted by molar-refractivity contribution is 0.362. The summed E-state index contributed by atoms with van der Waals surface area (Å²) >= 11 is 0. The highest BCUT2D eigenvalue weighted by molar-refractivity contribution is 5.29. The summed E-state index contributed by atoms with van der Waals surface area (Å²) in [5.74, 6) is 0.646. The van der Waals surface area contributed by atoms with Gasteiger partial charge in [-0.3, -0.25) is 0 Å². The maximum atomic E-state index is 4.41. The normalized spacial score (nSPS) is 19.4. The van der Waals surface area contributed by atoms with Crippen LogP contribution in [0.4, 0.5) is 5.95 Å². The van der Waals surface area contributed by atoms with E-state index in [1.165, 1.54) is 0 Å². The highest BCUT2D eigenvalue weighted by Crippen LogP contribution is 2.21. The molecule has 0 spiro atoms. The summed E-state index contributed by atoms with van der Waals surface area (Å²) in [5, 5.41) is 14.9. The van der Waals surface area contributed by atoms with Gasteiger partial charge in [-0.1, -0.05) is 0 Å². The van der Waals surface area contributed by atoms with Crippen molar-refractivity contribution in [2.75, 3.05) is 18.4 Å². The maximum absolute atomic E-state index is 4.41. The fraction of sp³-hybridized carbons (Fsp3) is 0.727. The smallest absolute Gasteiger partial charge is 0.243 e. The molecule has 1 aliphatic rings. The van der Waals surface area contributed by atoms with Crippen LogP contribution in [-0.2, 0) is 0 Å². The van der Waals surface area contributed by atoms with Gasteiger partial charge in [0.05, 0.1) is 11.4 Å². The molecule has 0 aliphatic carbocycles. The minimum Gasteiger partial charge on any atom is -0.348 e. The number of piperidine rings is 1. The van der Waals surface area contributed by atoms with Crippen LogP contribution in [0.25, 0.3) is 0 Å². The standard InChI is InChI=1S/C11H19N5/c1-8-9(2)15-16-10(13-8)14-11(3)4-6-12-7-5-11/h12H,4-7H2,1-3H3,(H,13,14,16). The first-order valence-electron chi connectivity index (χ1n) is 5.76. The van der Waals surface area contributed by atoms with Gasteiger partial charge in [-0.2, -0.15) is 5.10 Å². The van der Waals surface area contributed by atoms with Gasteiger partial charge < -0.3 is 10.6 Å². The van der Waals surface area contributed by atoms with Gasteiger partial charge in [-0.15, -0.1) is 5.10 Å². The van der Waals surface area contributed by atoms with Crippen LogP contribution in [0.5, 0.6) is 0 Å². The Kier molecular flexibility index (Phi) is 3.05. The zero-order valence-electron chi connectivity index (χ0n) is 10.2. The van der Waals surface area contributed by atoms with E-state index in [4.69, 9.17) is 0 Å². The largest absolute Gasteiger partial charge is 0.348 e. The number of hydrogen-bond donors (Lipinski definition) is 2. The molecule has 1 aromatic rings. The molecule has 0 amide bonds. The molecular formula is C11H19N5. The molecule has 0 bridgehead atoms. The van der Waals surface area contributed by atoms with Crippen molar-refractivity contribution in [2.45, 2.75) is 39.2 Å². The summed E-state index contributed by atoms with van der Waals surface area (Å²) in [6.45, 7) is 8.18. The summed E-state index contributed by atoms with van der Waals surface area (Å²) in [5.41, 5.74) is 1.92. The number of nitrogens with one attached hydrogen (secondary N) is 2. The molecule has 5 nitrogen and oxygen atoms in total. The van der Waals surface area contributed by atoms with Crippen molar-refractivity contribution in [2.24, 2.45) is 0 Å². The van der Waals surface area contributed by atoms with Gasteiger partial charge in [-0.05, 0) is 46.7 Å². The lowest BCUT2D eigenvalue weighted by Crippen LogP contribution is -2.45. The molecule has 2 N–H and O–H groups in total. The molecule has 5 heteroatoms. The summed E-state index contributed by atoms with van der Waals surface area (Å²) < 4.78 is 0. The highest BCUT2D eigenvalue weighted by atomic mass is 15.3. The van der Waals surface area contributed by atoms with Gasteiger partial charge in [0.1, 0.15) is 0 Å². The van der Waals surface area contributed by atoms with Crippen LogP contribution in [-0.4, -0.2) is 33.8 Å². The molecule has 0 radical (unpaired) electrons. The number of aryl methyl sites for hydroxylation is 2. The minimum atomic E-state index is 0.0919. The first kappa shape index (κ1) is 11.3. The summed E-state index contributed by atoms with van der Waals surface area (Å²) in [4.78, 5) is 4.41. The average molecular weight is 221 g/mol. The lowest BCUT2D eigenvalue weighted by atomic mass is 9.91. The number of hydrogen-bond acceptors (Lipinski definition) is 5. The third-order valence-corrected chi connectivity index (χ3v) is 3.21. The Bertz CT molecular complexity index is 371. The molecule has 0 saturated carbocycles. The highest BCUT2D eigenvalue weighted by Gasteiger charge is 2.27. The predicted octanol–water partition coefficient (Wildman–Crippen LogP) is 1.04. The molecule has 0 atom stereocenters. The van der Waals surface area contributed by atoms with Crippen LogP contribution in [0.15, 0.2) is 0 Å². The Morgan fingerprint density at radius 1 is 1.12 bits per heavy atom. The zero-order valence-corrected chi connectivity index (χ0v) is 10.2. The van der Waals surface area contributed by atoms with Gasteiger partial charge in [0.2, 0.25) is 5.95 Å². The molecular weight excluding hydrogens is 202 g/mol. The molecule has 1 aromatic heterocycles. The molecule has 88 valence electrons. The van der Waals surface area contributed by atoms with Crippen LogP contribution < -0.4 is 10.6 Å². The SMILES string of the molecule is Cc1nnc(NC2(C)CCNCC2)nc1C. The van der Waals surface area contributed by atoms with Gasteiger partial charge in [-0.25, -0.2) is 4.98 Å². The predicted molar refractivity (Wildman–Crippen MR) is 63.4 cm³/mol. The maximum Gasteiger partial charge on any atom is 0.243 e. The van der Waals surface area contributed by atoms with Crippen LogP contribution in [0.3, 0.4) is 0 Å². The molecule has 16 heavy (non-hydrogen) atoms. The summed E-state index contributed by atoms with van der Waals surface area (Å²) in [6, 6.07) is 0. The molecule has 2 rings (SSSR count). The van der Waals surface area contributed by atoms with Crippen LogP contribution in [0.1, 0.15) is 31.2 Å². The summed E-state index contributed by atoms with van der Waals surface area (Å²) in [6.07, 6.45) is 2.17. The lowest BCUT2D eigenvalue weighted by Gasteiger charge is -2.34.